The Bertz CT molecular complexity index is 618. The Balaban J connectivity index is 2.50. The minimum Gasteiger partial charge on any atom is -0.452 e. The van der Waals surface area contributed by atoms with Crippen LogP contribution < -0.4 is 0 Å². The minimum atomic E-state index is 0.400. The van der Waals surface area contributed by atoms with Crippen molar-refractivity contribution in [1.82, 2.24) is 0 Å². The number of fused-ring (bicyclic) bond motifs is 3. The van der Waals surface area contributed by atoms with Gasteiger partial charge in [-0.1, -0.05) is 12.1 Å². The first-order valence-electron chi connectivity index (χ1n) is 4.25. The van der Waals surface area contributed by atoms with Gasteiger partial charge in [-0.25, -0.2) is 0 Å². The molecule has 0 aliphatic rings. The molecule has 3 rings (SSSR count). The fourth-order valence-electron chi connectivity index (χ4n) is 1.58. The molecule has 2 nitrogen and oxygen atoms in total. The van der Waals surface area contributed by atoms with Crippen molar-refractivity contribution in [2.45, 2.75) is 0 Å². The van der Waals surface area contributed by atoms with Crippen LogP contribution in [0.15, 0.2) is 34.7 Å². The summed E-state index contributed by atoms with van der Waals surface area (Å²) in [6.45, 7) is 0. The van der Waals surface area contributed by atoms with E-state index in [9.17, 15) is 4.79 Å². The number of carbonyl (C=O) groups excluding carboxylic acids is 1. The van der Waals surface area contributed by atoms with Gasteiger partial charge in [0.1, 0.15) is 0 Å². The second kappa shape index (κ2) is 2.69. The second-order valence-electron chi connectivity index (χ2n) is 3.06. The van der Waals surface area contributed by atoms with Crippen LogP contribution >= 0.6 is 11.3 Å². The lowest BCUT2D eigenvalue weighted by Crippen LogP contribution is -1.67. The maximum absolute atomic E-state index is 10.5. The van der Waals surface area contributed by atoms with Crippen molar-refractivity contribution in [3.8, 4) is 0 Å². The number of aldehydes is 1. The Morgan fingerprint density at radius 2 is 2.07 bits per heavy atom. The molecule has 0 N–H and O–H groups in total. The van der Waals surface area contributed by atoms with Gasteiger partial charge in [0, 0.05) is 16.2 Å². The lowest BCUT2D eigenvalue weighted by molar-refractivity contribution is 0.110. The summed E-state index contributed by atoms with van der Waals surface area (Å²) < 4.78 is 7.64. The molecule has 0 aliphatic heterocycles. The fraction of sp³-hybridized carbons (Fsp3) is 0. The highest BCUT2D eigenvalue weighted by Crippen LogP contribution is 2.35. The highest BCUT2D eigenvalue weighted by molar-refractivity contribution is 7.25. The first-order valence-corrected chi connectivity index (χ1v) is 5.06. The summed E-state index contributed by atoms with van der Waals surface area (Å²) in [5, 5.41) is 1.08. The SMILES string of the molecule is O=Cc1cc2sc3ccccc3c2o1. The fourth-order valence-corrected chi connectivity index (χ4v) is 2.65. The summed E-state index contributed by atoms with van der Waals surface area (Å²) in [6.07, 6.45) is 0.738. The van der Waals surface area contributed by atoms with Gasteiger partial charge < -0.3 is 4.42 Å². The third-order valence-electron chi connectivity index (χ3n) is 2.18. The van der Waals surface area contributed by atoms with Gasteiger partial charge in [0.2, 0.25) is 0 Å². The number of hydrogen-bond acceptors (Lipinski definition) is 3. The van der Waals surface area contributed by atoms with Gasteiger partial charge in [-0.05, 0) is 12.1 Å². The van der Waals surface area contributed by atoms with Crippen molar-refractivity contribution in [2.24, 2.45) is 0 Å². The van der Waals surface area contributed by atoms with Crippen molar-refractivity contribution < 1.29 is 9.21 Å². The zero-order valence-corrected chi connectivity index (χ0v) is 8.01. The molecule has 3 heteroatoms. The predicted octanol–water partition coefficient (Wildman–Crippen LogP) is 3.46. The minimum absolute atomic E-state index is 0.400. The summed E-state index contributed by atoms with van der Waals surface area (Å²) in [4.78, 5) is 10.5. The normalized spacial score (nSPS) is 11.1. The van der Waals surface area contributed by atoms with Gasteiger partial charge in [0.25, 0.3) is 0 Å². The van der Waals surface area contributed by atoms with E-state index in [4.69, 9.17) is 4.42 Å². The van der Waals surface area contributed by atoms with Crippen LogP contribution in [0.25, 0.3) is 20.4 Å². The van der Waals surface area contributed by atoms with Crippen molar-refractivity contribution in [3.05, 3.63) is 36.1 Å². The molecule has 1 aromatic carbocycles. The average molecular weight is 202 g/mol. The van der Waals surface area contributed by atoms with E-state index in [0.29, 0.717) is 5.76 Å². The topological polar surface area (TPSA) is 30.2 Å². The van der Waals surface area contributed by atoms with E-state index < -0.39 is 0 Å². The van der Waals surface area contributed by atoms with Gasteiger partial charge in [0.15, 0.2) is 17.6 Å². The predicted molar refractivity (Wildman–Crippen MR) is 57.0 cm³/mol. The van der Waals surface area contributed by atoms with Crippen molar-refractivity contribution >= 4 is 38.0 Å². The van der Waals surface area contributed by atoms with Crippen molar-refractivity contribution in [1.29, 1.82) is 0 Å². The van der Waals surface area contributed by atoms with Crippen LogP contribution in [0.3, 0.4) is 0 Å². The Kier molecular flexibility index (Phi) is 1.49. The molecule has 68 valence electrons. The second-order valence-corrected chi connectivity index (χ2v) is 4.14. The molecule has 0 atom stereocenters. The van der Waals surface area contributed by atoms with Crippen LogP contribution in [-0.2, 0) is 0 Å². The number of thiophene rings is 1. The molecular formula is C11H6O2S. The molecule has 0 aliphatic carbocycles. The van der Waals surface area contributed by atoms with Crippen LogP contribution in [0, 0.1) is 0 Å². The zero-order valence-electron chi connectivity index (χ0n) is 7.19. The molecule has 0 saturated heterocycles. The monoisotopic (exact) mass is 202 g/mol. The van der Waals surface area contributed by atoms with E-state index in [2.05, 4.69) is 6.07 Å². The van der Waals surface area contributed by atoms with Gasteiger partial charge in [-0.15, -0.1) is 11.3 Å². The van der Waals surface area contributed by atoms with Crippen molar-refractivity contribution in [3.63, 3.8) is 0 Å². The molecule has 0 saturated carbocycles. The van der Waals surface area contributed by atoms with E-state index in [1.807, 2.05) is 18.2 Å². The van der Waals surface area contributed by atoms with Gasteiger partial charge in [-0.2, -0.15) is 0 Å². The highest BCUT2D eigenvalue weighted by atomic mass is 32.1. The highest BCUT2D eigenvalue weighted by Gasteiger charge is 2.09. The van der Waals surface area contributed by atoms with Crippen LogP contribution in [0.5, 0.6) is 0 Å². The molecule has 0 bridgehead atoms. The summed E-state index contributed by atoms with van der Waals surface area (Å²) in [6, 6.07) is 9.81. The maximum atomic E-state index is 10.5. The number of carbonyl (C=O) groups is 1. The molecule has 2 heterocycles. The van der Waals surface area contributed by atoms with Crippen LogP contribution in [0.4, 0.5) is 0 Å². The first kappa shape index (κ1) is 7.76. The zero-order chi connectivity index (χ0) is 9.54. The smallest absolute Gasteiger partial charge is 0.185 e. The van der Waals surface area contributed by atoms with E-state index in [-0.39, 0.29) is 0 Å². The summed E-state index contributed by atoms with van der Waals surface area (Å²) >= 11 is 1.65. The third kappa shape index (κ3) is 0.930. The van der Waals surface area contributed by atoms with E-state index in [0.717, 1.165) is 22.0 Å². The maximum Gasteiger partial charge on any atom is 0.185 e. The standard InChI is InChI=1S/C11H6O2S/c12-6-7-5-10-11(13-7)8-3-1-2-4-9(8)14-10/h1-6H. The lowest BCUT2D eigenvalue weighted by Gasteiger charge is -1.85. The average Bonchev–Trinajstić information content (AvgIpc) is 2.73. The molecule has 0 unspecified atom stereocenters. The lowest BCUT2D eigenvalue weighted by atomic mass is 10.2. The van der Waals surface area contributed by atoms with Crippen LogP contribution in [0.1, 0.15) is 10.6 Å². The summed E-state index contributed by atoms with van der Waals surface area (Å²) in [7, 11) is 0. The summed E-state index contributed by atoms with van der Waals surface area (Å²) in [5.41, 5.74) is 0.827. The Hall–Kier alpha value is -1.61. The van der Waals surface area contributed by atoms with Crippen molar-refractivity contribution in [2.75, 3.05) is 0 Å². The quantitative estimate of drug-likeness (QED) is 0.565. The van der Waals surface area contributed by atoms with E-state index in [1.54, 1.807) is 17.4 Å². The molecule has 0 amide bonds. The molecular weight excluding hydrogens is 196 g/mol. The summed E-state index contributed by atoms with van der Waals surface area (Å²) in [5.74, 6) is 0.400. The molecule has 0 spiro atoms. The van der Waals surface area contributed by atoms with Crippen LogP contribution in [0.2, 0.25) is 0 Å². The molecule has 0 fully saturated rings. The molecule has 3 aromatic rings. The largest absolute Gasteiger partial charge is 0.452 e. The molecule has 14 heavy (non-hydrogen) atoms. The first-order chi connectivity index (χ1) is 6.88. The van der Waals surface area contributed by atoms with E-state index in [1.165, 1.54) is 4.70 Å². The Morgan fingerprint density at radius 3 is 2.93 bits per heavy atom. The Morgan fingerprint density at radius 1 is 1.21 bits per heavy atom. The Labute approximate surface area is 83.8 Å². The molecule has 2 aromatic heterocycles. The van der Waals surface area contributed by atoms with E-state index >= 15 is 0 Å². The van der Waals surface area contributed by atoms with Crippen LogP contribution in [-0.4, -0.2) is 6.29 Å². The number of benzene rings is 1. The number of rotatable bonds is 1. The third-order valence-corrected chi connectivity index (χ3v) is 3.28. The number of furan rings is 1. The van der Waals surface area contributed by atoms with Gasteiger partial charge in [0.05, 0.1) is 4.70 Å². The number of hydrogen-bond donors (Lipinski definition) is 0. The van der Waals surface area contributed by atoms with Gasteiger partial charge >= 0.3 is 0 Å². The van der Waals surface area contributed by atoms with Gasteiger partial charge in [-0.3, -0.25) is 4.79 Å². The molecule has 0 radical (unpaired) electrons.